The van der Waals surface area contributed by atoms with E-state index in [2.05, 4.69) is 60.4 Å². The van der Waals surface area contributed by atoms with Crippen molar-refractivity contribution in [3.63, 3.8) is 0 Å². The summed E-state index contributed by atoms with van der Waals surface area (Å²) in [4.78, 5) is 84.2. The molecule has 2 aliphatic heterocycles. The van der Waals surface area contributed by atoms with Crippen molar-refractivity contribution in [2.24, 2.45) is 5.11 Å². The number of carbonyl (C=O) groups is 3. The molecule has 7 aromatic carbocycles. The van der Waals surface area contributed by atoms with Crippen LogP contribution in [-0.2, 0) is 19.1 Å². The second-order valence-electron chi connectivity index (χ2n) is 22.4. The van der Waals surface area contributed by atoms with E-state index in [1.54, 1.807) is 30.6 Å². The number of azide groups is 1. The summed E-state index contributed by atoms with van der Waals surface area (Å²) in [5.74, 6) is -4.37. The summed E-state index contributed by atoms with van der Waals surface area (Å²) in [7, 11) is 9.67. The summed E-state index contributed by atoms with van der Waals surface area (Å²) < 4.78 is 138. The summed E-state index contributed by atoms with van der Waals surface area (Å²) in [5, 5.41) is 15.8. The zero-order valence-corrected chi connectivity index (χ0v) is 61.7. The molecule has 0 unspecified atom stereocenters. The highest BCUT2D eigenvalue weighted by atomic mass is 79.9. The van der Waals surface area contributed by atoms with Crippen LogP contribution in [0.25, 0.3) is 65.7 Å². The van der Waals surface area contributed by atoms with Gasteiger partial charge in [-0.25, -0.2) is 40.5 Å². The number of morpholine rings is 2. The molecular weight excluding hydrogens is 1540 g/mol. The molecule has 0 atom stereocenters. The maximum Gasteiger partial charge on any atom is 0.328 e. The van der Waals surface area contributed by atoms with Gasteiger partial charge in [-0.2, -0.15) is 0 Å². The van der Waals surface area contributed by atoms with Crippen molar-refractivity contribution >= 4 is 112 Å². The lowest BCUT2D eigenvalue weighted by Gasteiger charge is -2.29. The fraction of sp³-hybridized carbons (Fsp3) is 0.197. The van der Waals surface area contributed by atoms with Gasteiger partial charge in [0.05, 0.1) is 110 Å². The van der Waals surface area contributed by atoms with Gasteiger partial charge in [0.25, 0.3) is 16.7 Å². The molecule has 4 N–H and O–H groups in total. The molecule has 0 spiro atoms. The number of anilines is 2. The van der Waals surface area contributed by atoms with Crippen LogP contribution in [0.5, 0.6) is 40.2 Å². The number of carbonyl (C=O) groups excluding carboxylic acids is 2. The first-order valence-corrected chi connectivity index (χ1v) is 33.4. The van der Waals surface area contributed by atoms with E-state index in [1.807, 2.05) is 0 Å². The number of rotatable bonds is 14. The number of H-pyrrole nitrogens is 3. The minimum atomic E-state index is -1.05. The fourth-order valence-corrected chi connectivity index (χ4v) is 11.0. The molecule has 1 amide bonds. The van der Waals surface area contributed by atoms with E-state index in [4.69, 9.17) is 60.1 Å². The molecule has 0 radical (unpaired) electrons. The third kappa shape index (κ3) is 23.1. The number of carboxylic acid groups (broad SMARTS) is 1. The van der Waals surface area contributed by atoms with E-state index in [9.17, 15) is 59.5 Å². The average Bonchev–Trinajstić information content (AvgIpc) is 0.666. The number of nitrogens with zero attached hydrogens (tertiary/aromatic N) is 6. The third-order valence-electron chi connectivity index (χ3n) is 15.8. The number of aromatic nitrogens is 4. The maximum absolute atomic E-state index is 13.8. The van der Waals surface area contributed by atoms with Crippen LogP contribution in [0, 0.1) is 40.7 Å². The summed E-state index contributed by atoms with van der Waals surface area (Å²) >= 11 is 9.34. The Morgan fingerprint density at radius 1 is 0.509 bits per heavy atom. The number of aliphatic carboxylic acids is 1. The van der Waals surface area contributed by atoms with E-state index in [0.717, 1.165) is 61.2 Å². The van der Waals surface area contributed by atoms with Crippen LogP contribution >= 0.6 is 27.5 Å². The smallest absolute Gasteiger partial charge is 0.328 e. The summed E-state index contributed by atoms with van der Waals surface area (Å²) in [6, 6.07) is 25.0. The van der Waals surface area contributed by atoms with Crippen LogP contribution in [0.3, 0.4) is 0 Å². The summed E-state index contributed by atoms with van der Waals surface area (Å²) in [6.45, 7) is 5.64. The first-order chi connectivity index (χ1) is 52.8. The van der Waals surface area contributed by atoms with Gasteiger partial charge >= 0.3 is 5.97 Å². The van der Waals surface area contributed by atoms with Crippen LogP contribution in [0.4, 0.5) is 42.1 Å². The van der Waals surface area contributed by atoms with E-state index >= 15 is 0 Å². The molecule has 2 saturated heterocycles. The highest BCUT2D eigenvalue weighted by Crippen LogP contribution is 2.36. The van der Waals surface area contributed by atoms with Gasteiger partial charge in [-0.15, -0.1) is 0 Å². The maximum atomic E-state index is 13.8. The number of ether oxygens (including phenoxy) is 9. The number of aromatic amines is 3. The second-order valence-corrected chi connectivity index (χ2v) is 23.6. The number of aldehydes is 1. The Balaban J connectivity index is 0.000000180. The van der Waals surface area contributed by atoms with Crippen LogP contribution < -0.4 is 59.6 Å². The molecule has 2 fully saturated rings. The number of methoxy groups -OCH3 is 7. The predicted octanol–water partition coefficient (Wildman–Crippen LogP) is 14.8. The Morgan fingerprint density at radius 2 is 0.900 bits per heavy atom. The average molecular weight is 1610 g/mol. The number of amides is 1. The van der Waals surface area contributed by atoms with Gasteiger partial charge in [-0.05, 0) is 152 Å². The number of hydrogen-bond donors (Lipinski definition) is 4. The number of halogens is 9. The molecule has 0 aliphatic carbocycles. The molecule has 13 rings (SSSR count). The van der Waals surface area contributed by atoms with Crippen molar-refractivity contribution in [2.75, 3.05) is 112 Å². The van der Waals surface area contributed by atoms with Crippen molar-refractivity contribution < 1.29 is 92.9 Å². The molecule has 6 heterocycles. The Kier molecular flexibility index (Phi) is 32.1. The SMILES string of the molecule is COc1cc(/C=C/C(=O)N=[N+]=[N-])ccc1F.COc1cc(/C=C/C(=O)O)ccc1F.COc1cc(C=O)ccc1F.COc1cc2c(Br)c[nH]c(=O)c2cc1F.COc1cc2c(N3CCOCC3)c[nH]c(=O)c2cc1F.COc1cc2c(N3CCOCC3)cnc(Cl)c2cc1F.COc1cc2cc[nH]c(=O)c2cc1F. The third-order valence-corrected chi connectivity index (χ3v) is 16.7. The van der Waals surface area contributed by atoms with Crippen molar-refractivity contribution in [1.82, 2.24) is 19.9 Å². The van der Waals surface area contributed by atoms with E-state index in [0.29, 0.717) is 96.7 Å². The Bertz CT molecular complexity index is 5410. The zero-order chi connectivity index (χ0) is 80.1. The lowest BCUT2D eigenvalue weighted by atomic mass is 10.1. The highest BCUT2D eigenvalue weighted by molar-refractivity contribution is 9.10. The number of benzene rings is 7. The molecule has 34 heteroatoms. The number of carboxylic acids is 1. The monoisotopic (exact) mass is 1610 g/mol. The number of pyridine rings is 4. The normalized spacial score (nSPS) is 12.1. The van der Waals surface area contributed by atoms with Crippen LogP contribution in [0.15, 0.2) is 170 Å². The number of fused-ring (bicyclic) bond motifs is 4. The first kappa shape index (κ1) is 84.8. The van der Waals surface area contributed by atoms with Gasteiger partial charge in [0.1, 0.15) is 11.4 Å². The van der Waals surface area contributed by atoms with Gasteiger partial charge < -0.3 is 72.5 Å². The Morgan fingerprint density at radius 3 is 1.37 bits per heavy atom. The van der Waals surface area contributed by atoms with Crippen LogP contribution in [-0.4, -0.2) is 146 Å². The molecule has 2 aliphatic rings. The van der Waals surface area contributed by atoms with Gasteiger partial charge in [-0.3, -0.25) is 24.0 Å². The van der Waals surface area contributed by atoms with Gasteiger partial charge in [-0.1, -0.05) is 29.8 Å². The Labute approximate surface area is 634 Å². The molecule has 576 valence electrons. The lowest BCUT2D eigenvalue weighted by molar-refractivity contribution is -0.131. The summed E-state index contributed by atoms with van der Waals surface area (Å²) in [5.41, 5.74) is 10.4. The van der Waals surface area contributed by atoms with Crippen LogP contribution in [0.1, 0.15) is 21.5 Å². The zero-order valence-electron chi connectivity index (χ0n) is 59.4. The largest absolute Gasteiger partial charge is 0.494 e. The molecule has 25 nitrogen and oxygen atoms in total. The van der Waals surface area contributed by atoms with Crippen LogP contribution in [0.2, 0.25) is 5.15 Å². The summed E-state index contributed by atoms with van der Waals surface area (Å²) in [6.07, 6.45) is 11.9. The lowest BCUT2D eigenvalue weighted by Crippen LogP contribution is -2.36. The van der Waals surface area contributed by atoms with Crippen molar-refractivity contribution in [1.29, 1.82) is 0 Å². The quantitative estimate of drug-likeness (QED) is 0.0149. The van der Waals surface area contributed by atoms with Crippen molar-refractivity contribution in [3.8, 4) is 40.2 Å². The number of hydrogen-bond acceptors (Lipinski definition) is 18. The van der Waals surface area contributed by atoms with Gasteiger partial charge in [0, 0.05) is 87.3 Å². The predicted molar refractivity (Wildman–Crippen MR) is 404 cm³/mol. The molecular formula is C76H68BrClF7N9O16. The van der Waals surface area contributed by atoms with E-state index in [-0.39, 0.29) is 56.9 Å². The minimum absolute atomic E-state index is 0.0818. The molecule has 4 aromatic heterocycles. The van der Waals surface area contributed by atoms with Crippen molar-refractivity contribution in [3.05, 3.63) is 255 Å². The molecule has 0 bridgehead atoms. The number of nitrogens with one attached hydrogen (secondary N) is 3. The standard InChI is InChI=1S/C14H14ClFN2O2.C14H15FN2O3.C10H7BrFNO2.C10H8FN3O2.C10H8FNO2.C10H9FO3.C8H7FO2/c1-19-13-7-9-10(6-11(13)16)14(15)17-8-12(9)18-2-4-20-5-3-18;1-19-13-7-9-10(6-11(13)15)14(18)16-8-12(9)17-2-4-20-5-3-17;1-15-9-3-5-6(2-8(9)12)10(14)13-4-7(5)11;1-16-9-6-7(2-4-8(9)11)3-5-10(15)13-14-12;1-14-9-4-6-2-3-12-10(13)7(6)5-8(9)11;1-14-9-6-7(2-4-8(9)11)3-5-10(12)13;1-11-8-4-6(5-10)2-3-7(8)9/h6-8H,2-5H2,1H3;6-8H,2-5H2,1H3,(H,16,18);2-4H,1H3,(H,13,14);2-6H,1H3;2-5H,1H3,(H,12,13);2-6H,1H3,(H,12,13);2-5H,1H3/b;;;5-3+;;5-3+;. The first-order valence-electron chi connectivity index (χ1n) is 32.2. The van der Waals surface area contributed by atoms with Gasteiger partial charge in [0.15, 0.2) is 81.0 Å². The fourth-order valence-electron chi connectivity index (χ4n) is 10.3. The molecule has 11 aromatic rings. The second kappa shape index (κ2) is 41.6. The topological polar surface area (TPSA) is 321 Å². The van der Waals surface area contributed by atoms with Crippen molar-refractivity contribution in [2.45, 2.75) is 0 Å². The van der Waals surface area contributed by atoms with Gasteiger partial charge in [0.2, 0.25) is 5.91 Å². The van der Waals surface area contributed by atoms with E-state index in [1.165, 1.54) is 159 Å². The molecule has 0 saturated carbocycles. The molecule has 110 heavy (non-hydrogen) atoms. The Hall–Kier alpha value is -12.4. The minimum Gasteiger partial charge on any atom is -0.494 e. The highest BCUT2D eigenvalue weighted by Gasteiger charge is 2.21. The van der Waals surface area contributed by atoms with E-state index < -0.39 is 52.6 Å².